The van der Waals surface area contributed by atoms with Gasteiger partial charge in [0.15, 0.2) is 0 Å². The van der Waals surface area contributed by atoms with Crippen molar-refractivity contribution in [2.75, 3.05) is 6.54 Å². The highest BCUT2D eigenvalue weighted by Crippen LogP contribution is 2.27. The number of hydrogen-bond donors (Lipinski definition) is 1. The fraction of sp³-hybridized carbons (Fsp3) is 0.333. The van der Waals surface area contributed by atoms with E-state index in [4.69, 9.17) is 4.74 Å². The maximum Gasteiger partial charge on any atom is 0.125 e. The van der Waals surface area contributed by atoms with E-state index in [-0.39, 0.29) is 0 Å². The third kappa shape index (κ3) is 4.32. The highest BCUT2D eigenvalue weighted by atomic mass is 79.9. The minimum absolute atomic E-state index is 0.579. The second kappa shape index (κ2) is 7.62. The summed E-state index contributed by atoms with van der Waals surface area (Å²) in [5.41, 5.74) is 4.85. The molecular weight excluding hydrogens is 326 g/mol. The summed E-state index contributed by atoms with van der Waals surface area (Å²) >= 11 is 3.56. The molecule has 0 aliphatic rings. The van der Waals surface area contributed by atoms with Gasteiger partial charge in [-0.25, -0.2) is 0 Å². The van der Waals surface area contributed by atoms with E-state index < -0.39 is 0 Å². The molecule has 0 fully saturated rings. The number of benzene rings is 2. The van der Waals surface area contributed by atoms with E-state index in [1.54, 1.807) is 0 Å². The average molecular weight is 348 g/mol. The van der Waals surface area contributed by atoms with E-state index in [0.717, 1.165) is 28.9 Å². The zero-order valence-corrected chi connectivity index (χ0v) is 14.5. The van der Waals surface area contributed by atoms with Crippen molar-refractivity contribution in [3.8, 4) is 5.75 Å². The predicted octanol–water partition coefficient (Wildman–Crippen LogP) is 4.75. The molecule has 0 heterocycles. The predicted molar refractivity (Wildman–Crippen MR) is 91.8 cm³/mol. The van der Waals surface area contributed by atoms with Crippen LogP contribution in [0.2, 0.25) is 0 Å². The molecule has 112 valence electrons. The maximum atomic E-state index is 6.04. The average Bonchev–Trinajstić information content (AvgIpc) is 2.46. The molecule has 2 aromatic carbocycles. The topological polar surface area (TPSA) is 21.3 Å². The van der Waals surface area contributed by atoms with Crippen LogP contribution in [-0.2, 0) is 13.2 Å². The summed E-state index contributed by atoms with van der Waals surface area (Å²) in [5, 5.41) is 3.36. The van der Waals surface area contributed by atoms with Crippen molar-refractivity contribution in [3.63, 3.8) is 0 Å². The molecule has 0 aliphatic heterocycles. The van der Waals surface area contributed by atoms with Gasteiger partial charge in [0.05, 0.1) is 0 Å². The fourth-order valence-electron chi connectivity index (χ4n) is 2.40. The van der Waals surface area contributed by atoms with Gasteiger partial charge in [-0.2, -0.15) is 0 Å². The molecule has 0 amide bonds. The van der Waals surface area contributed by atoms with Gasteiger partial charge in [-0.1, -0.05) is 53.2 Å². The quantitative estimate of drug-likeness (QED) is 0.813. The molecule has 0 spiro atoms. The Labute approximate surface area is 135 Å². The maximum absolute atomic E-state index is 6.04. The lowest BCUT2D eigenvalue weighted by atomic mass is 10.1. The molecule has 2 nitrogen and oxygen atoms in total. The van der Waals surface area contributed by atoms with E-state index in [2.05, 4.69) is 60.2 Å². The molecular formula is C18H22BrNO. The van der Waals surface area contributed by atoms with Crippen LogP contribution in [0.4, 0.5) is 0 Å². The van der Waals surface area contributed by atoms with E-state index in [1.807, 2.05) is 18.2 Å². The molecule has 0 radical (unpaired) electrons. The number of hydrogen-bond acceptors (Lipinski definition) is 2. The molecule has 0 aliphatic carbocycles. The van der Waals surface area contributed by atoms with Gasteiger partial charge in [0.25, 0.3) is 0 Å². The van der Waals surface area contributed by atoms with Crippen LogP contribution < -0.4 is 10.1 Å². The molecule has 0 saturated carbocycles. The van der Waals surface area contributed by atoms with Crippen LogP contribution in [0.15, 0.2) is 40.9 Å². The largest absolute Gasteiger partial charge is 0.488 e. The van der Waals surface area contributed by atoms with Gasteiger partial charge in [0.2, 0.25) is 0 Å². The molecule has 2 rings (SSSR count). The monoisotopic (exact) mass is 347 g/mol. The summed E-state index contributed by atoms with van der Waals surface area (Å²) in [6, 6.07) is 12.6. The minimum atomic E-state index is 0.579. The summed E-state index contributed by atoms with van der Waals surface area (Å²) in [5.74, 6) is 0.992. The molecule has 0 saturated heterocycles. The van der Waals surface area contributed by atoms with Crippen molar-refractivity contribution in [2.24, 2.45) is 0 Å². The second-order valence-corrected chi connectivity index (χ2v) is 6.07. The summed E-state index contributed by atoms with van der Waals surface area (Å²) in [7, 11) is 0. The highest BCUT2D eigenvalue weighted by molar-refractivity contribution is 9.10. The zero-order valence-electron chi connectivity index (χ0n) is 12.9. The van der Waals surface area contributed by atoms with Gasteiger partial charge < -0.3 is 10.1 Å². The molecule has 0 bridgehead atoms. The van der Waals surface area contributed by atoms with Crippen molar-refractivity contribution < 1.29 is 4.74 Å². The van der Waals surface area contributed by atoms with Gasteiger partial charge >= 0.3 is 0 Å². The van der Waals surface area contributed by atoms with Gasteiger partial charge in [-0.3, -0.25) is 0 Å². The first-order chi connectivity index (χ1) is 10.1. The van der Waals surface area contributed by atoms with Crippen LogP contribution in [0.1, 0.15) is 29.2 Å². The molecule has 1 N–H and O–H groups in total. The van der Waals surface area contributed by atoms with E-state index in [9.17, 15) is 0 Å². The smallest absolute Gasteiger partial charge is 0.125 e. The van der Waals surface area contributed by atoms with Crippen LogP contribution in [0.25, 0.3) is 0 Å². The third-order valence-electron chi connectivity index (χ3n) is 3.43. The normalized spacial score (nSPS) is 10.7. The van der Waals surface area contributed by atoms with E-state index in [0.29, 0.717) is 6.61 Å². The Bertz CT molecular complexity index is 587. The Balaban J connectivity index is 2.12. The number of aryl methyl sites for hydroxylation is 2. The van der Waals surface area contributed by atoms with Crippen molar-refractivity contribution in [2.45, 2.75) is 33.9 Å². The molecule has 2 aromatic rings. The lowest BCUT2D eigenvalue weighted by molar-refractivity contribution is 0.301. The summed E-state index contributed by atoms with van der Waals surface area (Å²) < 4.78 is 7.13. The van der Waals surface area contributed by atoms with Crippen LogP contribution in [0.3, 0.4) is 0 Å². The van der Waals surface area contributed by atoms with Gasteiger partial charge in [0, 0.05) is 16.6 Å². The molecule has 0 aromatic heterocycles. The van der Waals surface area contributed by atoms with Crippen LogP contribution in [0.5, 0.6) is 5.75 Å². The molecule has 0 unspecified atom stereocenters. The molecule has 21 heavy (non-hydrogen) atoms. The lowest BCUT2D eigenvalue weighted by Gasteiger charge is -2.15. The van der Waals surface area contributed by atoms with Crippen molar-refractivity contribution in [1.82, 2.24) is 5.32 Å². The van der Waals surface area contributed by atoms with Crippen LogP contribution in [-0.4, -0.2) is 6.54 Å². The number of halogens is 1. The summed E-state index contributed by atoms with van der Waals surface area (Å²) in [6.45, 7) is 8.81. The standard InChI is InChI=1S/C18H22BrNO/c1-4-20-11-15-9-13(2)18(14(3)10-15)21-12-16-7-5-6-8-17(16)19/h5-10,20H,4,11-12H2,1-3H3. The Morgan fingerprint density at radius 2 is 1.76 bits per heavy atom. The first kappa shape index (κ1) is 16.1. The number of nitrogens with one attached hydrogen (secondary N) is 1. The van der Waals surface area contributed by atoms with E-state index in [1.165, 1.54) is 16.7 Å². The van der Waals surface area contributed by atoms with E-state index >= 15 is 0 Å². The first-order valence-electron chi connectivity index (χ1n) is 7.29. The highest BCUT2D eigenvalue weighted by Gasteiger charge is 2.08. The van der Waals surface area contributed by atoms with Crippen LogP contribution in [0, 0.1) is 13.8 Å². The molecule has 3 heteroatoms. The van der Waals surface area contributed by atoms with Crippen molar-refractivity contribution in [1.29, 1.82) is 0 Å². The number of rotatable bonds is 6. The Morgan fingerprint density at radius 1 is 1.10 bits per heavy atom. The molecule has 0 atom stereocenters. The first-order valence-corrected chi connectivity index (χ1v) is 8.08. The second-order valence-electron chi connectivity index (χ2n) is 5.22. The third-order valence-corrected chi connectivity index (χ3v) is 4.20. The Kier molecular flexibility index (Phi) is 5.83. The van der Waals surface area contributed by atoms with Gasteiger partial charge in [-0.05, 0) is 43.1 Å². The SMILES string of the molecule is CCNCc1cc(C)c(OCc2ccccc2Br)c(C)c1. The zero-order chi connectivity index (χ0) is 15.2. The minimum Gasteiger partial charge on any atom is -0.488 e. The number of ether oxygens (including phenoxy) is 1. The summed E-state index contributed by atoms with van der Waals surface area (Å²) in [6.07, 6.45) is 0. The van der Waals surface area contributed by atoms with Crippen LogP contribution >= 0.6 is 15.9 Å². The Morgan fingerprint density at radius 3 is 2.38 bits per heavy atom. The lowest BCUT2D eigenvalue weighted by Crippen LogP contribution is -2.12. The summed E-state index contributed by atoms with van der Waals surface area (Å²) in [4.78, 5) is 0. The van der Waals surface area contributed by atoms with Gasteiger partial charge in [-0.15, -0.1) is 0 Å². The Hall–Kier alpha value is -1.32. The van der Waals surface area contributed by atoms with Crippen molar-refractivity contribution >= 4 is 15.9 Å². The van der Waals surface area contributed by atoms with Crippen molar-refractivity contribution in [3.05, 3.63) is 63.1 Å². The van der Waals surface area contributed by atoms with Gasteiger partial charge in [0.1, 0.15) is 12.4 Å². The fourth-order valence-corrected chi connectivity index (χ4v) is 2.80.